The average molecular weight is 491 g/mol. The molecular formula is C19H22BrF3N4OS. The van der Waals surface area contributed by atoms with Crippen molar-refractivity contribution in [1.29, 1.82) is 0 Å². The minimum Gasteiger partial charge on any atom is -0.362 e. The fourth-order valence-corrected chi connectivity index (χ4v) is 5.54. The molecule has 0 bridgehead atoms. The van der Waals surface area contributed by atoms with Gasteiger partial charge in [0.05, 0.1) is 10.5 Å². The lowest BCUT2D eigenvalue weighted by Gasteiger charge is -2.33. The molecule has 2 aromatic heterocycles. The Balaban J connectivity index is 1.68. The van der Waals surface area contributed by atoms with Crippen molar-refractivity contribution in [3.63, 3.8) is 0 Å². The molecule has 1 aliphatic carbocycles. The minimum atomic E-state index is -4.46. The van der Waals surface area contributed by atoms with Crippen LogP contribution >= 0.6 is 27.3 Å². The van der Waals surface area contributed by atoms with Gasteiger partial charge < -0.3 is 10.2 Å². The summed E-state index contributed by atoms with van der Waals surface area (Å²) in [4.78, 5) is 15.5. The third-order valence-corrected chi connectivity index (χ3v) is 7.56. The molecule has 10 heteroatoms. The van der Waals surface area contributed by atoms with Crippen LogP contribution in [-0.4, -0.2) is 39.9 Å². The van der Waals surface area contributed by atoms with Gasteiger partial charge in [0, 0.05) is 24.4 Å². The first-order valence-corrected chi connectivity index (χ1v) is 11.4. The Morgan fingerprint density at radius 3 is 2.69 bits per heavy atom. The summed E-state index contributed by atoms with van der Waals surface area (Å²) in [5.74, 6) is -0.140. The van der Waals surface area contributed by atoms with Crippen molar-refractivity contribution in [2.24, 2.45) is 0 Å². The Morgan fingerprint density at radius 2 is 2.07 bits per heavy atom. The Morgan fingerprint density at radius 1 is 1.34 bits per heavy atom. The molecule has 158 valence electrons. The summed E-state index contributed by atoms with van der Waals surface area (Å²) in [6, 6.07) is 1.47. The zero-order valence-electron chi connectivity index (χ0n) is 15.9. The summed E-state index contributed by atoms with van der Waals surface area (Å²) in [5.41, 5.74) is 0.0293. The first-order valence-electron chi connectivity index (χ1n) is 9.69. The number of alkyl halides is 3. The Labute approximate surface area is 179 Å². The SMILES string of the molecule is CN(C(=O)c1nn2c(c1Br)N[C@H](c1cccs1)C[C@H]2C(F)(F)F)C1CCCCC1. The third-order valence-electron chi connectivity index (χ3n) is 5.83. The summed E-state index contributed by atoms with van der Waals surface area (Å²) >= 11 is 4.77. The van der Waals surface area contributed by atoms with E-state index < -0.39 is 18.3 Å². The van der Waals surface area contributed by atoms with Gasteiger partial charge in [0.2, 0.25) is 0 Å². The second-order valence-corrected chi connectivity index (χ2v) is 9.44. The Hall–Kier alpha value is -1.55. The highest BCUT2D eigenvalue weighted by Crippen LogP contribution is 2.47. The van der Waals surface area contributed by atoms with Gasteiger partial charge in [-0.25, -0.2) is 4.68 Å². The number of hydrogen-bond donors (Lipinski definition) is 1. The molecule has 1 saturated carbocycles. The molecule has 2 atom stereocenters. The van der Waals surface area contributed by atoms with Crippen molar-refractivity contribution < 1.29 is 18.0 Å². The number of aromatic nitrogens is 2. The van der Waals surface area contributed by atoms with E-state index in [9.17, 15) is 18.0 Å². The van der Waals surface area contributed by atoms with Crippen LogP contribution < -0.4 is 5.32 Å². The second kappa shape index (κ2) is 7.94. The molecule has 1 amide bonds. The van der Waals surface area contributed by atoms with Gasteiger partial charge in [0.25, 0.3) is 5.91 Å². The number of rotatable bonds is 3. The largest absolute Gasteiger partial charge is 0.410 e. The number of hydrogen-bond acceptors (Lipinski definition) is 4. The highest BCUT2D eigenvalue weighted by molar-refractivity contribution is 9.10. The number of fused-ring (bicyclic) bond motifs is 1. The van der Waals surface area contributed by atoms with Gasteiger partial charge in [-0.15, -0.1) is 11.3 Å². The van der Waals surface area contributed by atoms with Crippen LogP contribution in [0.15, 0.2) is 22.0 Å². The van der Waals surface area contributed by atoms with Crippen molar-refractivity contribution in [2.75, 3.05) is 12.4 Å². The fourth-order valence-electron chi connectivity index (χ4n) is 4.20. The van der Waals surface area contributed by atoms with Gasteiger partial charge >= 0.3 is 6.18 Å². The lowest BCUT2D eigenvalue weighted by Crippen LogP contribution is -2.39. The van der Waals surface area contributed by atoms with Crippen molar-refractivity contribution in [3.8, 4) is 0 Å². The summed E-state index contributed by atoms with van der Waals surface area (Å²) in [6.45, 7) is 0. The zero-order valence-corrected chi connectivity index (χ0v) is 18.3. The van der Waals surface area contributed by atoms with Crippen molar-refractivity contribution >= 4 is 39.0 Å². The average Bonchev–Trinajstić information content (AvgIpc) is 3.35. The van der Waals surface area contributed by atoms with Crippen LogP contribution in [0.4, 0.5) is 19.0 Å². The van der Waals surface area contributed by atoms with E-state index in [1.54, 1.807) is 11.9 Å². The smallest absolute Gasteiger partial charge is 0.362 e. The third kappa shape index (κ3) is 3.93. The van der Waals surface area contributed by atoms with Gasteiger partial charge in [-0.1, -0.05) is 25.3 Å². The molecule has 0 unspecified atom stereocenters. The van der Waals surface area contributed by atoms with Crippen molar-refractivity contribution in [2.45, 2.75) is 62.8 Å². The van der Waals surface area contributed by atoms with Crippen LogP contribution in [0.1, 0.15) is 66.0 Å². The van der Waals surface area contributed by atoms with E-state index in [1.807, 2.05) is 17.5 Å². The molecule has 4 rings (SSSR count). The predicted molar refractivity (Wildman–Crippen MR) is 109 cm³/mol. The van der Waals surface area contributed by atoms with Gasteiger partial charge in [0.15, 0.2) is 11.7 Å². The van der Waals surface area contributed by atoms with Crippen molar-refractivity contribution in [1.82, 2.24) is 14.7 Å². The van der Waals surface area contributed by atoms with Gasteiger partial charge in [-0.2, -0.15) is 18.3 Å². The van der Waals surface area contributed by atoms with Crippen LogP contribution in [0.5, 0.6) is 0 Å². The summed E-state index contributed by atoms with van der Waals surface area (Å²) in [5, 5.41) is 9.13. The number of halogens is 4. The van der Waals surface area contributed by atoms with Crippen LogP contribution in [0, 0.1) is 0 Å². The lowest BCUT2D eigenvalue weighted by molar-refractivity contribution is -0.173. The standard InChI is InChI=1S/C19H22BrF3N4OS/c1-26(11-6-3-2-4-7-11)18(28)16-15(20)17-24-12(13-8-5-9-29-13)10-14(19(21,22)23)27(17)25-16/h5,8-9,11-12,14,24H,2-4,6-7,10H2,1H3/t12-,14-/m0/s1. The summed E-state index contributed by atoms with van der Waals surface area (Å²) in [7, 11) is 1.71. The number of thiophene rings is 1. The monoisotopic (exact) mass is 490 g/mol. The number of anilines is 1. The molecule has 0 spiro atoms. The molecule has 1 N–H and O–H groups in total. The number of carbonyl (C=O) groups is 1. The highest BCUT2D eigenvalue weighted by atomic mass is 79.9. The minimum absolute atomic E-state index is 0.0293. The Bertz CT molecular complexity index is 877. The van der Waals surface area contributed by atoms with E-state index in [1.165, 1.54) is 11.3 Å². The molecule has 2 aromatic rings. The molecule has 3 heterocycles. The molecule has 0 aromatic carbocycles. The van der Waals surface area contributed by atoms with E-state index in [2.05, 4.69) is 26.3 Å². The van der Waals surface area contributed by atoms with E-state index in [0.717, 1.165) is 41.7 Å². The van der Waals surface area contributed by atoms with E-state index >= 15 is 0 Å². The first kappa shape index (κ1) is 20.7. The van der Waals surface area contributed by atoms with Gasteiger partial charge in [0.1, 0.15) is 5.82 Å². The molecule has 0 saturated heterocycles. The highest BCUT2D eigenvalue weighted by Gasteiger charge is 2.48. The van der Waals surface area contributed by atoms with Crippen LogP contribution in [-0.2, 0) is 0 Å². The number of nitrogens with zero attached hydrogens (tertiary/aromatic N) is 3. The maximum absolute atomic E-state index is 13.8. The number of carbonyl (C=O) groups excluding carboxylic acids is 1. The topological polar surface area (TPSA) is 50.2 Å². The molecule has 5 nitrogen and oxygen atoms in total. The predicted octanol–water partition coefficient (Wildman–Crippen LogP) is 5.77. The Kier molecular flexibility index (Phi) is 5.67. The quantitative estimate of drug-likeness (QED) is 0.593. The molecular weight excluding hydrogens is 469 g/mol. The van der Waals surface area contributed by atoms with Crippen LogP contribution in [0.3, 0.4) is 0 Å². The zero-order chi connectivity index (χ0) is 20.8. The first-order chi connectivity index (χ1) is 13.8. The maximum Gasteiger partial charge on any atom is 0.410 e. The fraction of sp³-hybridized carbons (Fsp3) is 0.579. The van der Waals surface area contributed by atoms with E-state index in [-0.39, 0.29) is 29.9 Å². The maximum atomic E-state index is 13.8. The molecule has 2 aliphatic rings. The molecule has 1 aliphatic heterocycles. The summed E-state index contributed by atoms with van der Waals surface area (Å²) in [6.07, 6.45) is 0.466. The van der Waals surface area contributed by atoms with E-state index in [0.29, 0.717) is 4.47 Å². The van der Waals surface area contributed by atoms with E-state index in [4.69, 9.17) is 0 Å². The molecule has 0 radical (unpaired) electrons. The summed E-state index contributed by atoms with van der Waals surface area (Å²) < 4.78 is 42.7. The number of amides is 1. The normalized spacial score (nSPS) is 22.8. The second-order valence-electron chi connectivity index (χ2n) is 7.67. The number of nitrogens with one attached hydrogen (secondary N) is 1. The van der Waals surface area contributed by atoms with Gasteiger partial charge in [-0.05, 0) is 40.2 Å². The van der Waals surface area contributed by atoms with Crippen molar-refractivity contribution in [3.05, 3.63) is 32.6 Å². The van der Waals surface area contributed by atoms with Crippen LogP contribution in [0.2, 0.25) is 0 Å². The van der Waals surface area contributed by atoms with Crippen LogP contribution in [0.25, 0.3) is 0 Å². The van der Waals surface area contributed by atoms with Gasteiger partial charge in [-0.3, -0.25) is 4.79 Å². The lowest BCUT2D eigenvalue weighted by atomic mass is 9.94. The molecule has 29 heavy (non-hydrogen) atoms. The molecule has 1 fully saturated rings.